The van der Waals surface area contributed by atoms with E-state index in [1.807, 2.05) is 39.0 Å². The number of hydrogen-bond donors (Lipinski definition) is 3. The Morgan fingerprint density at radius 1 is 0.938 bits per heavy atom. The molecule has 7 rings (SSSR count). The highest BCUT2D eigenvalue weighted by Gasteiger charge is 2.60. The minimum absolute atomic E-state index is 0.0274. The van der Waals surface area contributed by atoms with E-state index in [0.29, 0.717) is 43.2 Å². The first-order valence-corrected chi connectivity index (χ1v) is 23.4. The molecule has 0 aromatic rings. The van der Waals surface area contributed by atoms with E-state index in [1.165, 1.54) is 0 Å². The largest absolute Gasteiger partial charge is 0.462 e. The second kappa shape index (κ2) is 20.6. The smallest absolute Gasteiger partial charge is 0.316 e. The Morgan fingerprint density at radius 2 is 1.66 bits per heavy atom. The van der Waals surface area contributed by atoms with E-state index in [9.17, 15) is 19.8 Å². The third-order valence-electron chi connectivity index (χ3n) is 14.8. The quantitative estimate of drug-likeness (QED) is 0.149. The molecule has 1 amide bonds. The molecule has 15 nitrogen and oxygen atoms in total. The number of amides is 1. The Labute approximate surface area is 378 Å². The molecular formula is C49H73NO14. The zero-order chi connectivity index (χ0) is 46.1. The van der Waals surface area contributed by atoms with Crippen molar-refractivity contribution in [2.24, 2.45) is 23.7 Å². The first-order valence-electron chi connectivity index (χ1n) is 23.4. The van der Waals surface area contributed by atoms with Crippen LogP contribution in [0.5, 0.6) is 0 Å². The monoisotopic (exact) mass is 900 g/mol. The summed E-state index contributed by atoms with van der Waals surface area (Å²) in [6.45, 7) is 16.2. The van der Waals surface area contributed by atoms with Gasteiger partial charge >= 0.3 is 5.97 Å². The fourth-order valence-electron chi connectivity index (χ4n) is 10.9. The summed E-state index contributed by atoms with van der Waals surface area (Å²) in [5.41, 5.74) is 0.117. The molecule has 20 atom stereocenters. The number of aliphatic hydroxyl groups excluding tert-OH is 1. The van der Waals surface area contributed by atoms with E-state index in [2.05, 4.69) is 45.2 Å². The second-order valence-corrected chi connectivity index (χ2v) is 19.3. The summed E-state index contributed by atoms with van der Waals surface area (Å²) in [7, 11) is 3.26. The van der Waals surface area contributed by atoms with Crippen molar-refractivity contribution in [3.63, 3.8) is 0 Å². The molecule has 1 spiro atoms. The van der Waals surface area contributed by atoms with Crippen molar-refractivity contribution in [3.05, 3.63) is 59.3 Å². The molecule has 7 aliphatic rings. The van der Waals surface area contributed by atoms with Crippen LogP contribution in [-0.4, -0.2) is 141 Å². The van der Waals surface area contributed by atoms with Crippen LogP contribution in [0.2, 0.25) is 0 Å². The fraction of sp³-hybridized carbons (Fsp3) is 0.755. The van der Waals surface area contributed by atoms with Gasteiger partial charge < -0.3 is 62.9 Å². The Balaban J connectivity index is 1.17. The van der Waals surface area contributed by atoms with Gasteiger partial charge in [0, 0.05) is 51.7 Å². The van der Waals surface area contributed by atoms with Crippen molar-refractivity contribution < 1.29 is 67.2 Å². The van der Waals surface area contributed by atoms with Gasteiger partial charge in [-0.25, -0.2) is 0 Å². The van der Waals surface area contributed by atoms with Gasteiger partial charge in [0.1, 0.15) is 35.9 Å². The lowest BCUT2D eigenvalue weighted by molar-refractivity contribution is -0.311. The lowest BCUT2D eigenvalue weighted by atomic mass is 9.71. The van der Waals surface area contributed by atoms with E-state index in [1.54, 1.807) is 33.3 Å². The summed E-state index contributed by atoms with van der Waals surface area (Å²) < 4.78 is 64.2. The molecule has 15 heteroatoms. The van der Waals surface area contributed by atoms with Gasteiger partial charge in [0.05, 0.1) is 55.4 Å². The Bertz CT molecular complexity index is 1800. The van der Waals surface area contributed by atoms with E-state index < -0.39 is 84.7 Å². The van der Waals surface area contributed by atoms with E-state index >= 15 is 0 Å². The highest BCUT2D eigenvalue weighted by molar-refractivity contribution is 5.78. The molecule has 0 saturated carbocycles. The normalized spacial score (nSPS) is 47.8. The van der Waals surface area contributed by atoms with E-state index in [4.69, 9.17) is 47.4 Å². The average molecular weight is 900 g/mol. The SMILES string of the molecule is CC[C@H](C)[C@H]1O[C@]2(C=C[C@@H]1C)C[C@@H]1C[C@@H](C/C=C(\C)[C@@H](O[C@H]3C[C@H](OC)[C@@H](O[C@H]4C[C@H](OC)[C@@H](NC=O)[C@H](C)O4)[C@H](C)O3)[C@@H](C)/C=C/C=C3\CO[C@@H]4[C@H](O)C(C)=C[C@@H](C(=O)O1)[C@]34O)O2. The molecule has 4 fully saturated rings. The first kappa shape index (κ1) is 49.1. The predicted molar refractivity (Wildman–Crippen MR) is 234 cm³/mol. The number of rotatable bonds is 10. The Kier molecular flexibility index (Phi) is 15.8. The average Bonchev–Trinajstić information content (AvgIpc) is 3.61. The highest BCUT2D eigenvalue weighted by atomic mass is 16.7. The molecule has 0 unspecified atom stereocenters. The number of carbonyl (C=O) groups excluding carboxylic acids is 2. The molecular weight excluding hydrogens is 827 g/mol. The minimum Gasteiger partial charge on any atom is -0.462 e. The molecule has 0 aromatic heterocycles. The molecule has 0 radical (unpaired) electrons. The molecule has 64 heavy (non-hydrogen) atoms. The van der Waals surface area contributed by atoms with Crippen LogP contribution >= 0.6 is 0 Å². The number of fused-ring (bicyclic) bond motifs is 2. The van der Waals surface area contributed by atoms with E-state index in [-0.39, 0.29) is 55.1 Å². The number of esters is 1. The van der Waals surface area contributed by atoms with Crippen molar-refractivity contribution in [2.45, 2.75) is 191 Å². The zero-order valence-corrected chi connectivity index (χ0v) is 39.3. The van der Waals surface area contributed by atoms with Crippen LogP contribution in [-0.2, 0) is 57.0 Å². The molecule has 4 saturated heterocycles. The molecule has 0 aromatic carbocycles. The zero-order valence-electron chi connectivity index (χ0n) is 39.3. The summed E-state index contributed by atoms with van der Waals surface area (Å²) in [6, 6.07) is -0.310. The molecule has 358 valence electrons. The van der Waals surface area contributed by atoms with Crippen LogP contribution in [0.15, 0.2) is 59.3 Å². The van der Waals surface area contributed by atoms with Gasteiger partial charge in [0.25, 0.3) is 0 Å². The minimum atomic E-state index is -1.84. The maximum atomic E-state index is 14.4. The van der Waals surface area contributed by atoms with Crippen molar-refractivity contribution >= 4 is 12.4 Å². The van der Waals surface area contributed by atoms with Gasteiger partial charge in [-0.2, -0.15) is 0 Å². The van der Waals surface area contributed by atoms with Crippen molar-refractivity contribution in [2.75, 3.05) is 20.8 Å². The first-order chi connectivity index (χ1) is 30.5. The number of allylic oxidation sites excluding steroid dienone is 2. The third kappa shape index (κ3) is 10.1. The number of aliphatic hydroxyl groups is 2. The van der Waals surface area contributed by atoms with Crippen molar-refractivity contribution in [3.8, 4) is 0 Å². The molecule has 6 heterocycles. The van der Waals surface area contributed by atoms with Crippen LogP contribution in [0.1, 0.15) is 93.9 Å². The Hall–Kier alpha value is -2.80. The predicted octanol–water partition coefficient (Wildman–Crippen LogP) is 5.13. The lowest BCUT2D eigenvalue weighted by Gasteiger charge is -2.48. The number of methoxy groups -OCH3 is 2. The molecule has 2 bridgehead atoms. The number of carbonyl (C=O) groups is 2. The van der Waals surface area contributed by atoms with Crippen LogP contribution in [0.4, 0.5) is 0 Å². The second-order valence-electron chi connectivity index (χ2n) is 19.3. The summed E-state index contributed by atoms with van der Waals surface area (Å²) in [5.74, 6) is -2.59. The number of nitrogens with one attached hydrogen (secondary N) is 1. The maximum Gasteiger partial charge on any atom is 0.316 e. The number of ether oxygens (including phenoxy) is 10. The maximum absolute atomic E-state index is 14.4. The Morgan fingerprint density at radius 3 is 2.38 bits per heavy atom. The highest BCUT2D eigenvalue weighted by Crippen LogP contribution is 2.47. The summed E-state index contributed by atoms with van der Waals surface area (Å²) in [5, 5.41) is 26.6. The third-order valence-corrected chi connectivity index (χ3v) is 14.8. The summed E-state index contributed by atoms with van der Waals surface area (Å²) in [4.78, 5) is 25.6. The lowest BCUT2D eigenvalue weighted by Crippen LogP contribution is -2.58. The van der Waals surface area contributed by atoms with Gasteiger partial charge in [-0.05, 0) is 62.8 Å². The van der Waals surface area contributed by atoms with Crippen molar-refractivity contribution in [1.82, 2.24) is 5.32 Å². The fourth-order valence-corrected chi connectivity index (χ4v) is 10.9. The van der Waals surface area contributed by atoms with Gasteiger partial charge in [-0.3, -0.25) is 9.59 Å². The topological polar surface area (TPSA) is 179 Å². The molecule has 1 aliphatic carbocycles. The van der Waals surface area contributed by atoms with Gasteiger partial charge in [-0.1, -0.05) is 70.6 Å². The van der Waals surface area contributed by atoms with Gasteiger partial charge in [0.2, 0.25) is 6.41 Å². The van der Waals surface area contributed by atoms with Crippen molar-refractivity contribution in [1.29, 1.82) is 0 Å². The standard InChI is InChI=1S/C49H73NO14/c1-11-26(2)44-29(5)17-18-48(64-44)23-35-20-34(63-48)16-15-28(4)43(27(3)13-12-14-33-24-57-46-42(52)30(6)19-36(47(53)60-35)49(33,46)54)61-40-22-38(56-10)45(32(8)59-40)62-39-21-37(55-9)41(50-25-51)31(7)58-39/h12-15,17-19,25-27,29,31-32,34-46,52,54H,11,16,20-24H2,1-10H3,(H,50,51)/b13-12+,28-15+,33-14+/t26-,27-,29-,31-,32-,34+,35-,36-,37-,38-,39-,40-,41-,42+,43-,44+,45-,46+,48+,49+/m0/s1. The van der Waals surface area contributed by atoms with Crippen LogP contribution in [0.25, 0.3) is 0 Å². The van der Waals surface area contributed by atoms with Gasteiger partial charge in [-0.15, -0.1) is 0 Å². The number of hydrogen-bond acceptors (Lipinski definition) is 14. The summed E-state index contributed by atoms with van der Waals surface area (Å²) in [6.07, 6.45) is 10.1. The van der Waals surface area contributed by atoms with Crippen LogP contribution in [0.3, 0.4) is 0 Å². The molecule has 3 N–H and O–H groups in total. The van der Waals surface area contributed by atoms with Crippen LogP contribution in [0, 0.1) is 23.7 Å². The van der Waals surface area contributed by atoms with Crippen LogP contribution < -0.4 is 5.32 Å². The molecule has 6 aliphatic heterocycles. The van der Waals surface area contributed by atoms with Gasteiger partial charge in [0.15, 0.2) is 18.4 Å². The van der Waals surface area contributed by atoms with E-state index in [0.717, 1.165) is 12.0 Å². The summed E-state index contributed by atoms with van der Waals surface area (Å²) >= 11 is 0.